The highest BCUT2D eigenvalue weighted by atomic mass is 32.2. The molecule has 81 valence electrons. The normalized spacial score (nSPS) is 10.4. The lowest BCUT2D eigenvalue weighted by molar-refractivity contribution is 0.101. The Hall–Kier alpha value is -1.55. The zero-order chi connectivity index (χ0) is 11.5. The Kier molecular flexibility index (Phi) is 3.10. The predicted molar refractivity (Wildman–Crippen MR) is 63.4 cm³/mol. The second-order valence-electron chi connectivity index (χ2n) is 3.23. The number of nitrogens with zero attached hydrogens (tertiary/aromatic N) is 1. The van der Waals surface area contributed by atoms with Crippen LogP contribution in [0.1, 0.15) is 10.6 Å². The molecule has 0 aliphatic heterocycles. The van der Waals surface area contributed by atoms with Crippen LogP contribution in [0.15, 0.2) is 39.8 Å². The van der Waals surface area contributed by atoms with Gasteiger partial charge in [0, 0.05) is 23.4 Å². The van der Waals surface area contributed by atoms with Crippen molar-refractivity contribution in [1.82, 2.24) is 5.16 Å². The molecule has 0 unspecified atom stereocenters. The van der Waals surface area contributed by atoms with E-state index in [0.29, 0.717) is 5.69 Å². The molecule has 2 rings (SSSR count). The van der Waals surface area contributed by atoms with Crippen molar-refractivity contribution < 1.29 is 9.32 Å². The molecule has 1 aromatic carbocycles. The fourth-order valence-corrected chi connectivity index (χ4v) is 1.71. The highest BCUT2D eigenvalue weighted by molar-refractivity contribution is 7.98. The van der Waals surface area contributed by atoms with Gasteiger partial charge in [-0.1, -0.05) is 17.3 Å². The molecular formula is C12H10NO2S. The Bertz CT molecular complexity index is 502. The molecule has 2 aromatic rings. The van der Waals surface area contributed by atoms with E-state index in [1.54, 1.807) is 17.8 Å². The minimum absolute atomic E-state index is 0.184. The molecule has 0 aliphatic carbocycles. The van der Waals surface area contributed by atoms with Crippen LogP contribution in [-0.4, -0.2) is 17.2 Å². The van der Waals surface area contributed by atoms with Crippen LogP contribution in [0.4, 0.5) is 0 Å². The fourth-order valence-electron chi connectivity index (χ4n) is 1.30. The number of aromatic nitrogens is 1. The van der Waals surface area contributed by atoms with Gasteiger partial charge in [-0.15, -0.1) is 11.8 Å². The first-order valence-corrected chi connectivity index (χ1v) is 5.90. The zero-order valence-electron chi connectivity index (χ0n) is 8.77. The van der Waals surface area contributed by atoms with E-state index in [9.17, 15) is 4.79 Å². The lowest BCUT2D eigenvalue weighted by Crippen LogP contribution is -1.86. The third-order valence-corrected chi connectivity index (χ3v) is 2.91. The standard InChI is InChI=1S/C12H10NO2S/c1-8(14)12-7-11(13-15-12)9-3-5-10(16-2)6-4-9/h3-7H,1H2,2H3. The van der Waals surface area contributed by atoms with Gasteiger partial charge >= 0.3 is 0 Å². The quantitative estimate of drug-likeness (QED) is 0.602. The summed E-state index contributed by atoms with van der Waals surface area (Å²) in [6.45, 7) is 3.27. The molecule has 0 N–H and O–H groups in total. The average molecular weight is 232 g/mol. The van der Waals surface area contributed by atoms with Gasteiger partial charge in [0.05, 0.1) is 0 Å². The number of carbonyl (C=O) groups excluding carboxylic acids is 1. The van der Waals surface area contributed by atoms with E-state index >= 15 is 0 Å². The maximum Gasteiger partial charge on any atom is 0.203 e. The van der Waals surface area contributed by atoms with Crippen LogP contribution in [0.3, 0.4) is 0 Å². The Labute approximate surface area is 97.8 Å². The van der Waals surface area contributed by atoms with E-state index in [2.05, 4.69) is 12.1 Å². The Morgan fingerprint density at radius 1 is 1.38 bits per heavy atom. The van der Waals surface area contributed by atoms with Crippen molar-refractivity contribution in [3.8, 4) is 11.3 Å². The lowest BCUT2D eigenvalue weighted by Gasteiger charge is -1.97. The van der Waals surface area contributed by atoms with Crippen LogP contribution in [0, 0.1) is 6.92 Å². The number of thioether (sulfide) groups is 1. The number of benzene rings is 1. The second kappa shape index (κ2) is 4.53. The third-order valence-electron chi connectivity index (χ3n) is 2.17. The highest BCUT2D eigenvalue weighted by Gasteiger charge is 2.09. The van der Waals surface area contributed by atoms with Gasteiger partial charge in [-0.05, 0) is 18.4 Å². The minimum Gasteiger partial charge on any atom is -0.352 e. The van der Waals surface area contributed by atoms with E-state index in [1.807, 2.05) is 30.5 Å². The first-order valence-electron chi connectivity index (χ1n) is 4.68. The zero-order valence-corrected chi connectivity index (χ0v) is 9.58. The Morgan fingerprint density at radius 2 is 2.06 bits per heavy atom. The summed E-state index contributed by atoms with van der Waals surface area (Å²) >= 11 is 1.67. The topological polar surface area (TPSA) is 43.1 Å². The van der Waals surface area contributed by atoms with Crippen molar-refractivity contribution in [2.45, 2.75) is 4.90 Å². The van der Waals surface area contributed by atoms with Crippen LogP contribution in [0.25, 0.3) is 11.3 Å². The van der Waals surface area contributed by atoms with Crippen LogP contribution < -0.4 is 0 Å². The molecule has 0 saturated carbocycles. The second-order valence-corrected chi connectivity index (χ2v) is 4.11. The van der Waals surface area contributed by atoms with Crippen molar-refractivity contribution in [2.24, 2.45) is 0 Å². The summed E-state index contributed by atoms with van der Waals surface area (Å²) in [4.78, 5) is 12.1. The number of ketones is 1. The van der Waals surface area contributed by atoms with Gasteiger partial charge in [0.2, 0.25) is 11.5 Å². The average Bonchev–Trinajstić information content (AvgIpc) is 2.78. The molecule has 0 spiro atoms. The molecule has 1 aromatic heterocycles. The molecule has 4 heteroatoms. The van der Waals surface area contributed by atoms with Gasteiger partial charge in [-0.25, -0.2) is 0 Å². The molecule has 0 saturated heterocycles. The molecule has 1 radical (unpaired) electrons. The first-order chi connectivity index (χ1) is 7.70. The van der Waals surface area contributed by atoms with Crippen molar-refractivity contribution in [3.63, 3.8) is 0 Å². The monoisotopic (exact) mass is 232 g/mol. The molecule has 0 atom stereocenters. The van der Waals surface area contributed by atoms with Gasteiger partial charge in [-0.3, -0.25) is 4.79 Å². The van der Waals surface area contributed by atoms with E-state index in [1.165, 1.54) is 4.90 Å². The van der Waals surface area contributed by atoms with Crippen molar-refractivity contribution >= 4 is 17.5 Å². The van der Waals surface area contributed by atoms with Gasteiger partial charge in [-0.2, -0.15) is 0 Å². The number of Topliss-reactive ketones (excluding diaryl/α,β-unsaturated/α-hetero) is 1. The summed E-state index contributed by atoms with van der Waals surface area (Å²) in [7, 11) is 0. The predicted octanol–water partition coefficient (Wildman–Crippen LogP) is 3.08. The summed E-state index contributed by atoms with van der Waals surface area (Å²) in [5, 5.41) is 3.82. The van der Waals surface area contributed by atoms with Gasteiger partial charge in [0.1, 0.15) is 5.69 Å². The maximum atomic E-state index is 10.9. The van der Waals surface area contributed by atoms with E-state index in [-0.39, 0.29) is 11.5 Å². The lowest BCUT2D eigenvalue weighted by atomic mass is 10.1. The number of rotatable bonds is 3. The summed E-state index contributed by atoms with van der Waals surface area (Å²) < 4.78 is 4.87. The Morgan fingerprint density at radius 3 is 2.56 bits per heavy atom. The number of hydrogen-bond donors (Lipinski definition) is 0. The number of carbonyl (C=O) groups is 1. The summed E-state index contributed by atoms with van der Waals surface area (Å²) in [6, 6.07) is 9.49. The number of hydrogen-bond acceptors (Lipinski definition) is 4. The SMILES string of the molecule is [CH2]C(=O)c1cc(-c2ccc(SC)cc2)no1. The van der Waals surface area contributed by atoms with E-state index in [0.717, 1.165) is 5.56 Å². The van der Waals surface area contributed by atoms with Gasteiger partial charge in [0.15, 0.2) is 0 Å². The molecule has 0 amide bonds. The van der Waals surface area contributed by atoms with Gasteiger partial charge in [0.25, 0.3) is 0 Å². The van der Waals surface area contributed by atoms with Crippen molar-refractivity contribution in [1.29, 1.82) is 0 Å². The third kappa shape index (κ3) is 2.17. The molecule has 0 aliphatic rings. The van der Waals surface area contributed by atoms with Crippen LogP contribution >= 0.6 is 11.8 Å². The van der Waals surface area contributed by atoms with Gasteiger partial charge < -0.3 is 4.52 Å². The molecule has 16 heavy (non-hydrogen) atoms. The smallest absolute Gasteiger partial charge is 0.203 e. The van der Waals surface area contributed by atoms with E-state index in [4.69, 9.17) is 4.52 Å². The first kappa shape index (κ1) is 11.0. The van der Waals surface area contributed by atoms with Crippen molar-refractivity contribution in [2.75, 3.05) is 6.26 Å². The summed E-state index contributed by atoms with van der Waals surface area (Å²) in [5.74, 6) is -0.177. The molecule has 0 bridgehead atoms. The van der Waals surface area contributed by atoms with Crippen molar-refractivity contribution in [3.05, 3.63) is 43.0 Å². The highest BCUT2D eigenvalue weighted by Crippen LogP contribution is 2.22. The molecule has 0 fully saturated rings. The maximum absolute atomic E-state index is 10.9. The molecule has 1 heterocycles. The largest absolute Gasteiger partial charge is 0.352 e. The fraction of sp³-hybridized carbons (Fsp3) is 0.0833. The van der Waals surface area contributed by atoms with Crippen LogP contribution in [-0.2, 0) is 0 Å². The molecular weight excluding hydrogens is 222 g/mol. The van der Waals surface area contributed by atoms with Crippen LogP contribution in [0.5, 0.6) is 0 Å². The summed E-state index contributed by atoms with van der Waals surface area (Å²) in [5.41, 5.74) is 1.58. The van der Waals surface area contributed by atoms with E-state index < -0.39 is 0 Å². The summed E-state index contributed by atoms with van der Waals surface area (Å²) in [6.07, 6.45) is 2.02. The molecule has 3 nitrogen and oxygen atoms in total. The van der Waals surface area contributed by atoms with Crippen LogP contribution in [0.2, 0.25) is 0 Å². The minimum atomic E-state index is -0.362. The Balaban J connectivity index is 2.31.